The highest BCUT2D eigenvalue weighted by Crippen LogP contribution is 2.35. The Kier molecular flexibility index (Phi) is 5.44. The molecular formula is C10H17BN2O4. The minimum absolute atomic E-state index is 0.0489. The van der Waals surface area contributed by atoms with Crippen molar-refractivity contribution in [1.29, 1.82) is 0 Å². The van der Waals surface area contributed by atoms with Crippen LogP contribution in [0.2, 0.25) is 5.82 Å². The van der Waals surface area contributed by atoms with Crippen LogP contribution in [0, 0.1) is 5.92 Å². The molecule has 1 saturated carbocycles. The number of carbonyl (C=O) groups excluding carboxylic acids is 2. The molecule has 0 amide bonds. The summed E-state index contributed by atoms with van der Waals surface area (Å²) in [5.74, 6) is -1.07. The number of esters is 2. The molecule has 2 radical (unpaired) electrons. The quantitative estimate of drug-likeness (QED) is 0.458. The van der Waals surface area contributed by atoms with Crippen molar-refractivity contribution >= 4 is 19.8 Å². The number of carbonyl (C=O) groups is 2. The standard InChI is InChI=1S/C10H17BN2O4/c11-7-1-6(5-16-9(14)3-12)8(2-7)17-10(15)4-13/h6-8H,1-5,12-13H2/t6-,7-,8?/m0/s1. The van der Waals surface area contributed by atoms with Gasteiger partial charge in [0.1, 0.15) is 6.10 Å². The van der Waals surface area contributed by atoms with Crippen molar-refractivity contribution in [2.24, 2.45) is 17.4 Å². The average molecular weight is 240 g/mol. The molecule has 0 heterocycles. The lowest BCUT2D eigenvalue weighted by Gasteiger charge is -2.19. The van der Waals surface area contributed by atoms with Gasteiger partial charge in [0.2, 0.25) is 0 Å². The second-order valence-electron chi connectivity index (χ2n) is 4.11. The molecule has 1 fully saturated rings. The summed E-state index contributed by atoms with van der Waals surface area (Å²) < 4.78 is 10.1. The Morgan fingerprint density at radius 2 is 1.82 bits per heavy atom. The van der Waals surface area contributed by atoms with E-state index >= 15 is 0 Å². The molecule has 0 aliphatic heterocycles. The lowest BCUT2D eigenvalue weighted by atomic mass is 9.85. The van der Waals surface area contributed by atoms with Crippen LogP contribution < -0.4 is 11.5 Å². The van der Waals surface area contributed by atoms with Crippen molar-refractivity contribution in [3.05, 3.63) is 0 Å². The third-order valence-corrected chi connectivity index (χ3v) is 2.74. The monoisotopic (exact) mass is 240 g/mol. The highest BCUT2D eigenvalue weighted by atomic mass is 16.6. The zero-order valence-corrected chi connectivity index (χ0v) is 9.63. The molecule has 0 aromatic rings. The number of hydrogen-bond acceptors (Lipinski definition) is 6. The molecular weight excluding hydrogens is 223 g/mol. The summed E-state index contributed by atoms with van der Waals surface area (Å²) in [6.45, 7) is -0.153. The third-order valence-electron chi connectivity index (χ3n) is 2.74. The molecule has 0 aromatic carbocycles. The summed E-state index contributed by atoms with van der Waals surface area (Å²) in [5.41, 5.74) is 10.3. The summed E-state index contributed by atoms with van der Waals surface area (Å²) in [4.78, 5) is 22.0. The van der Waals surface area contributed by atoms with Crippen LogP contribution in [-0.2, 0) is 19.1 Å². The van der Waals surface area contributed by atoms with Crippen LogP contribution in [0.5, 0.6) is 0 Å². The lowest BCUT2D eigenvalue weighted by Crippen LogP contribution is -2.30. The van der Waals surface area contributed by atoms with Crippen molar-refractivity contribution in [2.75, 3.05) is 19.7 Å². The van der Waals surface area contributed by atoms with Gasteiger partial charge in [0.05, 0.1) is 27.5 Å². The van der Waals surface area contributed by atoms with Gasteiger partial charge in [0.15, 0.2) is 0 Å². The van der Waals surface area contributed by atoms with Gasteiger partial charge in [-0.2, -0.15) is 0 Å². The zero-order valence-electron chi connectivity index (χ0n) is 9.63. The third kappa shape index (κ3) is 4.36. The van der Waals surface area contributed by atoms with Gasteiger partial charge in [-0.25, -0.2) is 0 Å². The molecule has 4 N–H and O–H groups in total. The van der Waals surface area contributed by atoms with E-state index in [1.165, 1.54) is 0 Å². The van der Waals surface area contributed by atoms with Crippen molar-refractivity contribution in [2.45, 2.75) is 24.8 Å². The maximum Gasteiger partial charge on any atom is 0.319 e. The Balaban J connectivity index is 2.44. The second kappa shape index (κ2) is 6.61. The van der Waals surface area contributed by atoms with Crippen molar-refractivity contribution in [3.63, 3.8) is 0 Å². The predicted molar refractivity (Wildman–Crippen MR) is 61.2 cm³/mol. The SMILES string of the molecule is [B][C@@H]1CC(OC(=O)CN)[C@H](COC(=O)CN)C1. The maximum atomic E-state index is 11.1. The first-order valence-electron chi connectivity index (χ1n) is 5.57. The minimum Gasteiger partial charge on any atom is -0.464 e. The number of nitrogens with two attached hydrogens (primary N) is 2. The molecule has 1 unspecified atom stereocenters. The Hall–Kier alpha value is -1.08. The molecule has 0 saturated heterocycles. The van der Waals surface area contributed by atoms with Gasteiger partial charge in [-0.15, -0.1) is 0 Å². The van der Waals surface area contributed by atoms with Crippen LogP contribution in [0.15, 0.2) is 0 Å². The molecule has 1 aliphatic carbocycles. The second-order valence-corrected chi connectivity index (χ2v) is 4.11. The van der Waals surface area contributed by atoms with E-state index in [1.54, 1.807) is 0 Å². The van der Waals surface area contributed by atoms with Crippen molar-refractivity contribution in [1.82, 2.24) is 0 Å². The van der Waals surface area contributed by atoms with Gasteiger partial charge in [-0.05, 0) is 12.8 Å². The lowest BCUT2D eigenvalue weighted by molar-refractivity contribution is -0.152. The van der Waals surface area contributed by atoms with Crippen LogP contribution in [0.1, 0.15) is 12.8 Å². The summed E-state index contributed by atoms with van der Waals surface area (Å²) in [6.07, 6.45) is 0.892. The van der Waals surface area contributed by atoms with E-state index in [-0.39, 0.29) is 37.5 Å². The zero-order chi connectivity index (χ0) is 12.8. The topological polar surface area (TPSA) is 105 Å². The molecule has 94 valence electrons. The van der Waals surface area contributed by atoms with E-state index in [9.17, 15) is 9.59 Å². The van der Waals surface area contributed by atoms with E-state index in [2.05, 4.69) is 0 Å². The Morgan fingerprint density at radius 3 is 2.41 bits per heavy atom. The van der Waals surface area contributed by atoms with Gasteiger partial charge >= 0.3 is 11.9 Å². The molecule has 17 heavy (non-hydrogen) atoms. The number of rotatable bonds is 5. The maximum absolute atomic E-state index is 11.1. The molecule has 1 aliphatic rings. The van der Waals surface area contributed by atoms with Gasteiger partial charge in [-0.1, -0.05) is 5.82 Å². The molecule has 0 bridgehead atoms. The van der Waals surface area contributed by atoms with Gasteiger partial charge in [0, 0.05) is 5.92 Å². The Labute approximate surface area is 101 Å². The largest absolute Gasteiger partial charge is 0.464 e. The van der Waals surface area contributed by atoms with E-state index in [1.807, 2.05) is 0 Å². The van der Waals surface area contributed by atoms with Crippen LogP contribution in [0.25, 0.3) is 0 Å². The summed E-state index contributed by atoms with van der Waals surface area (Å²) in [7, 11) is 5.78. The molecule has 7 heteroatoms. The Bertz CT molecular complexity index is 287. The minimum atomic E-state index is -0.477. The fourth-order valence-corrected chi connectivity index (χ4v) is 1.92. The summed E-state index contributed by atoms with van der Waals surface area (Å²) >= 11 is 0. The van der Waals surface area contributed by atoms with Crippen LogP contribution in [0.3, 0.4) is 0 Å². The van der Waals surface area contributed by atoms with E-state index in [0.29, 0.717) is 12.8 Å². The molecule has 3 atom stereocenters. The van der Waals surface area contributed by atoms with Crippen LogP contribution >= 0.6 is 0 Å². The molecule has 6 nitrogen and oxygen atoms in total. The highest BCUT2D eigenvalue weighted by Gasteiger charge is 2.35. The summed E-state index contributed by atoms with van der Waals surface area (Å²) in [6, 6.07) is 0. The molecule has 0 spiro atoms. The molecule has 1 rings (SSSR count). The number of hydrogen-bond donors (Lipinski definition) is 2. The van der Waals surface area contributed by atoms with E-state index in [0.717, 1.165) is 0 Å². The van der Waals surface area contributed by atoms with Gasteiger partial charge < -0.3 is 20.9 Å². The predicted octanol–water partition coefficient (Wildman–Crippen LogP) is -1.27. The van der Waals surface area contributed by atoms with Gasteiger partial charge in [0.25, 0.3) is 0 Å². The van der Waals surface area contributed by atoms with Gasteiger partial charge in [-0.3, -0.25) is 9.59 Å². The van der Waals surface area contributed by atoms with Crippen LogP contribution in [0.4, 0.5) is 0 Å². The van der Waals surface area contributed by atoms with E-state index < -0.39 is 11.9 Å². The fraction of sp³-hybridized carbons (Fsp3) is 0.800. The average Bonchev–Trinajstić information content (AvgIpc) is 2.66. The van der Waals surface area contributed by atoms with Crippen molar-refractivity contribution in [3.8, 4) is 0 Å². The highest BCUT2D eigenvalue weighted by molar-refractivity contribution is 6.11. The smallest absolute Gasteiger partial charge is 0.319 e. The first kappa shape index (κ1) is 14.0. The number of ether oxygens (including phenoxy) is 2. The molecule has 0 aromatic heterocycles. The van der Waals surface area contributed by atoms with Crippen LogP contribution in [-0.4, -0.2) is 45.6 Å². The normalized spacial score (nSPS) is 27.8. The van der Waals surface area contributed by atoms with Crippen molar-refractivity contribution < 1.29 is 19.1 Å². The summed E-state index contributed by atoms with van der Waals surface area (Å²) in [5, 5.41) is 0. The fourth-order valence-electron chi connectivity index (χ4n) is 1.92. The Morgan fingerprint density at radius 1 is 1.18 bits per heavy atom. The first-order chi connectivity index (χ1) is 8.06. The van der Waals surface area contributed by atoms with E-state index in [4.69, 9.17) is 28.8 Å². The first-order valence-corrected chi connectivity index (χ1v) is 5.57.